The Balaban J connectivity index is 1.63. The van der Waals surface area contributed by atoms with Crippen LogP contribution in [0, 0.1) is 0 Å². The van der Waals surface area contributed by atoms with Gasteiger partial charge >= 0.3 is 0 Å². The lowest BCUT2D eigenvalue weighted by molar-refractivity contribution is 0.280. The summed E-state index contributed by atoms with van der Waals surface area (Å²) in [5.41, 5.74) is 2.14. The lowest BCUT2D eigenvalue weighted by Gasteiger charge is -2.12. The molecule has 0 radical (unpaired) electrons. The third kappa shape index (κ3) is 2.72. The highest BCUT2D eigenvalue weighted by Crippen LogP contribution is 2.34. The smallest absolute Gasteiger partial charge is 0.146 e. The second kappa shape index (κ2) is 6.07. The molecule has 3 nitrogen and oxygen atoms in total. The highest BCUT2D eigenvalue weighted by Gasteiger charge is 2.16. The highest BCUT2D eigenvalue weighted by molar-refractivity contribution is 7.21. The molecule has 0 saturated carbocycles. The van der Waals surface area contributed by atoms with Crippen molar-refractivity contribution in [3.8, 4) is 16.3 Å². The van der Waals surface area contributed by atoms with Gasteiger partial charge in [0.05, 0.1) is 4.70 Å². The molecule has 0 amide bonds. The van der Waals surface area contributed by atoms with Crippen molar-refractivity contribution in [2.45, 2.75) is 18.9 Å². The van der Waals surface area contributed by atoms with Crippen LogP contribution < -0.4 is 10.1 Å². The van der Waals surface area contributed by atoms with Gasteiger partial charge in [0.15, 0.2) is 0 Å². The summed E-state index contributed by atoms with van der Waals surface area (Å²) in [6.07, 6.45) is 2.44. The zero-order chi connectivity index (χ0) is 14.8. The molecule has 4 heteroatoms. The summed E-state index contributed by atoms with van der Waals surface area (Å²) in [6.45, 7) is 1.82. The largest absolute Gasteiger partial charge is 0.490 e. The summed E-state index contributed by atoms with van der Waals surface area (Å²) in [7, 11) is 0. The summed E-state index contributed by atoms with van der Waals surface area (Å²) in [5.74, 6) is 0.893. The molecule has 2 heterocycles. The topological polar surface area (TPSA) is 34.1 Å². The van der Waals surface area contributed by atoms with Crippen molar-refractivity contribution in [1.29, 1.82) is 0 Å². The standard InChI is InChI=1S/C18H18N2OS/c1-2-6-13(7-3-1)18-20-17-15(9-4-10-16(17)22-18)21-12-14-8-5-11-19-14/h1-4,6-7,9-10,14,19H,5,8,11-12H2. The lowest BCUT2D eigenvalue weighted by atomic mass is 10.2. The summed E-state index contributed by atoms with van der Waals surface area (Å²) in [6, 6.07) is 17.0. The van der Waals surface area contributed by atoms with Gasteiger partial charge in [-0.15, -0.1) is 11.3 Å². The molecular formula is C18H18N2OS. The van der Waals surface area contributed by atoms with E-state index in [1.165, 1.54) is 17.5 Å². The van der Waals surface area contributed by atoms with Gasteiger partial charge in [0.2, 0.25) is 0 Å². The van der Waals surface area contributed by atoms with Gasteiger partial charge in [0.1, 0.15) is 22.9 Å². The second-order valence-electron chi connectivity index (χ2n) is 5.59. The predicted octanol–water partition coefficient (Wildman–Crippen LogP) is 4.09. The van der Waals surface area contributed by atoms with Crippen LogP contribution in [0.5, 0.6) is 5.75 Å². The van der Waals surface area contributed by atoms with Gasteiger partial charge in [0, 0.05) is 11.6 Å². The van der Waals surface area contributed by atoms with Crippen LogP contribution in [0.15, 0.2) is 48.5 Å². The van der Waals surface area contributed by atoms with Crippen molar-refractivity contribution in [2.75, 3.05) is 13.2 Å². The van der Waals surface area contributed by atoms with Crippen molar-refractivity contribution in [3.05, 3.63) is 48.5 Å². The van der Waals surface area contributed by atoms with Crippen LogP contribution in [-0.4, -0.2) is 24.2 Å². The molecule has 0 spiro atoms. The van der Waals surface area contributed by atoms with E-state index in [2.05, 4.69) is 23.5 Å². The predicted molar refractivity (Wildman–Crippen MR) is 91.6 cm³/mol. The maximum atomic E-state index is 6.03. The van der Waals surface area contributed by atoms with Crippen LogP contribution in [0.25, 0.3) is 20.8 Å². The van der Waals surface area contributed by atoms with Crippen molar-refractivity contribution in [3.63, 3.8) is 0 Å². The Bertz CT molecular complexity index is 763. The van der Waals surface area contributed by atoms with E-state index in [4.69, 9.17) is 9.72 Å². The molecule has 3 aromatic rings. The fraction of sp³-hybridized carbons (Fsp3) is 0.278. The Kier molecular flexibility index (Phi) is 3.79. The molecule has 0 aliphatic carbocycles. The van der Waals surface area contributed by atoms with E-state index in [0.29, 0.717) is 6.04 Å². The van der Waals surface area contributed by atoms with E-state index in [1.54, 1.807) is 11.3 Å². The van der Waals surface area contributed by atoms with E-state index in [0.717, 1.165) is 35.0 Å². The van der Waals surface area contributed by atoms with Crippen molar-refractivity contribution in [2.24, 2.45) is 0 Å². The summed E-state index contributed by atoms with van der Waals surface area (Å²) in [4.78, 5) is 4.80. The monoisotopic (exact) mass is 310 g/mol. The maximum Gasteiger partial charge on any atom is 0.146 e. The van der Waals surface area contributed by atoms with E-state index in [1.807, 2.05) is 30.3 Å². The number of nitrogens with one attached hydrogen (secondary N) is 1. The third-order valence-electron chi connectivity index (χ3n) is 4.01. The molecule has 1 unspecified atom stereocenters. The van der Waals surface area contributed by atoms with Crippen LogP contribution in [0.3, 0.4) is 0 Å². The minimum absolute atomic E-state index is 0.475. The first-order valence-electron chi connectivity index (χ1n) is 7.71. The minimum atomic E-state index is 0.475. The molecule has 4 rings (SSSR count). The van der Waals surface area contributed by atoms with Crippen molar-refractivity contribution in [1.82, 2.24) is 10.3 Å². The third-order valence-corrected chi connectivity index (χ3v) is 5.07. The second-order valence-corrected chi connectivity index (χ2v) is 6.62. The number of aromatic nitrogens is 1. The first-order chi connectivity index (χ1) is 10.9. The fourth-order valence-electron chi connectivity index (χ4n) is 2.83. The summed E-state index contributed by atoms with van der Waals surface area (Å²) < 4.78 is 7.21. The van der Waals surface area contributed by atoms with Gasteiger partial charge in [-0.3, -0.25) is 0 Å². The molecule has 2 aromatic carbocycles. The highest BCUT2D eigenvalue weighted by atomic mass is 32.1. The number of nitrogens with zero attached hydrogens (tertiary/aromatic N) is 1. The Morgan fingerprint density at radius 2 is 2.05 bits per heavy atom. The molecule has 22 heavy (non-hydrogen) atoms. The molecule has 1 aliphatic rings. The molecule has 1 aliphatic heterocycles. The van der Waals surface area contributed by atoms with Gasteiger partial charge in [-0.25, -0.2) is 4.98 Å². The number of hydrogen-bond acceptors (Lipinski definition) is 4. The van der Waals surface area contributed by atoms with Gasteiger partial charge in [-0.1, -0.05) is 36.4 Å². The molecule has 1 aromatic heterocycles. The van der Waals surface area contributed by atoms with E-state index >= 15 is 0 Å². The average Bonchev–Trinajstić information content (AvgIpc) is 3.23. The van der Waals surface area contributed by atoms with Gasteiger partial charge in [-0.2, -0.15) is 0 Å². The van der Waals surface area contributed by atoms with E-state index < -0.39 is 0 Å². The first-order valence-corrected chi connectivity index (χ1v) is 8.53. The Labute approximate surface area is 134 Å². The molecule has 1 fully saturated rings. The van der Waals surface area contributed by atoms with Crippen LogP contribution in [0.4, 0.5) is 0 Å². The first kappa shape index (κ1) is 13.7. The summed E-state index contributed by atoms with van der Waals surface area (Å²) in [5, 5.41) is 4.51. The molecule has 112 valence electrons. The number of para-hydroxylation sites is 1. The van der Waals surface area contributed by atoms with Crippen molar-refractivity contribution >= 4 is 21.6 Å². The van der Waals surface area contributed by atoms with E-state index in [-0.39, 0.29) is 0 Å². The number of rotatable bonds is 4. The fourth-order valence-corrected chi connectivity index (χ4v) is 3.82. The summed E-state index contributed by atoms with van der Waals surface area (Å²) >= 11 is 1.72. The Hall–Kier alpha value is -1.91. The maximum absolute atomic E-state index is 6.03. The number of fused-ring (bicyclic) bond motifs is 1. The van der Waals surface area contributed by atoms with Gasteiger partial charge in [-0.05, 0) is 31.5 Å². The lowest BCUT2D eigenvalue weighted by Crippen LogP contribution is -2.28. The molecule has 1 N–H and O–H groups in total. The Morgan fingerprint density at radius 1 is 1.14 bits per heavy atom. The van der Waals surface area contributed by atoms with E-state index in [9.17, 15) is 0 Å². The SMILES string of the molecule is c1ccc(-c2nc3c(OCC4CCCN4)cccc3s2)cc1. The normalized spacial score (nSPS) is 17.9. The number of thiazole rings is 1. The molecule has 1 atom stereocenters. The number of ether oxygens (including phenoxy) is 1. The van der Waals surface area contributed by atoms with Crippen molar-refractivity contribution < 1.29 is 4.74 Å². The van der Waals surface area contributed by atoms with Gasteiger partial charge in [0.25, 0.3) is 0 Å². The van der Waals surface area contributed by atoms with Crippen LogP contribution in [-0.2, 0) is 0 Å². The minimum Gasteiger partial charge on any atom is -0.490 e. The molecule has 1 saturated heterocycles. The van der Waals surface area contributed by atoms with Crippen LogP contribution >= 0.6 is 11.3 Å². The zero-order valence-electron chi connectivity index (χ0n) is 12.3. The molecular weight excluding hydrogens is 292 g/mol. The number of hydrogen-bond donors (Lipinski definition) is 1. The van der Waals surface area contributed by atoms with Crippen LogP contribution in [0.2, 0.25) is 0 Å². The van der Waals surface area contributed by atoms with Gasteiger partial charge < -0.3 is 10.1 Å². The Morgan fingerprint density at radius 3 is 2.86 bits per heavy atom. The number of benzene rings is 2. The average molecular weight is 310 g/mol. The quantitative estimate of drug-likeness (QED) is 0.788. The zero-order valence-corrected chi connectivity index (χ0v) is 13.1. The molecule has 0 bridgehead atoms. The van der Waals surface area contributed by atoms with Crippen LogP contribution in [0.1, 0.15) is 12.8 Å².